The zero-order valence-electron chi connectivity index (χ0n) is 15.1. The number of hydrogen-bond donors (Lipinski definition) is 2. The summed E-state index contributed by atoms with van der Waals surface area (Å²) >= 11 is 6.28. The zero-order chi connectivity index (χ0) is 19.5. The molecule has 1 aromatic carbocycles. The number of halogens is 1. The minimum Gasteiger partial charge on any atom is -0.370 e. The molecule has 3 heterocycles. The van der Waals surface area contributed by atoms with Crippen LogP contribution in [0.25, 0.3) is 16.9 Å². The van der Waals surface area contributed by atoms with E-state index >= 15 is 0 Å². The van der Waals surface area contributed by atoms with Gasteiger partial charge in [-0.3, -0.25) is 4.79 Å². The number of benzene rings is 1. The van der Waals surface area contributed by atoms with Crippen molar-refractivity contribution in [3.05, 3.63) is 71.5 Å². The van der Waals surface area contributed by atoms with Crippen LogP contribution < -0.4 is 10.6 Å². The molecular formula is C20H17ClN6O. The third-order valence-corrected chi connectivity index (χ3v) is 4.42. The van der Waals surface area contributed by atoms with Gasteiger partial charge in [-0.1, -0.05) is 35.9 Å². The van der Waals surface area contributed by atoms with Gasteiger partial charge in [-0.15, -0.1) is 0 Å². The molecule has 0 saturated heterocycles. The largest absolute Gasteiger partial charge is 0.370 e. The highest BCUT2D eigenvalue weighted by molar-refractivity contribution is 6.33. The minimum absolute atomic E-state index is 0.305. The third-order valence-electron chi connectivity index (χ3n) is 4.09. The lowest BCUT2D eigenvalue weighted by molar-refractivity contribution is 0.102. The summed E-state index contributed by atoms with van der Waals surface area (Å²) in [6.07, 6.45) is 1.49. The van der Waals surface area contributed by atoms with Gasteiger partial charge in [0, 0.05) is 12.1 Å². The predicted molar refractivity (Wildman–Crippen MR) is 110 cm³/mol. The highest BCUT2D eigenvalue weighted by atomic mass is 35.5. The molecule has 1 amide bonds. The first kappa shape index (κ1) is 17.9. The summed E-state index contributed by atoms with van der Waals surface area (Å²) in [4.78, 5) is 21.4. The van der Waals surface area contributed by atoms with E-state index in [0.717, 1.165) is 12.1 Å². The molecule has 0 aliphatic carbocycles. The second kappa shape index (κ2) is 7.66. The van der Waals surface area contributed by atoms with Gasteiger partial charge in [-0.05, 0) is 37.3 Å². The molecule has 4 aromatic rings. The monoisotopic (exact) mass is 392 g/mol. The van der Waals surface area contributed by atoms with Crippen LogP contribution in [0.15, 0.2) is 60.8 Å². The standard InChI is InChI=1S/C20H17ClN6O/c1-2-22-17-8-5-9-18(24-17)25-20(28)16-12-23-19-11-10-15(26-27(16)19)13-6-3-4-7-14(13)21/h3-12H,2H2,1H3,(H2,22,24,25,28). The molecule has 0 spiro atoms. The molecule has 0 radical (unpaired) electrons. The number of nitrogens with one attached hydrogen (secondary N) is 2. The number of hydrogen-bond acceptors (Lipinski definition) is 5. The van der Waals surface area contributed by atoms with E-state index in [9.17, 15) is 4.79 Å². The molecule has 2 N–H and O–H groups in total. The summed E-state index contributed by atoms with van der Waals surface area (Å²) in [7, 11) is 0. The number of nitrogens with zero attached hydrogens (tertiary/aromatic N) is 4. The van der Waals surface area contributed by atoms with Crippen LogP contribution in [0.3, 0.4) is 0 Å². The molecule has 4 rings (SSSR count). The molecule has 0 fully saturated rings. The molecule has 0 unspecified atom stereocenters. The molecule has 28 heavy (non-hydrogen) atoms. The highest BCUT2D eigenvalue weighted by Gasteiger charge is 2.15. The summed E-state index contributed by atoms with van der Waals surface area (Å²) in [5.41, 5.74) is 2.30. The van der Waals surface area contributed by atoms with Crippen LogP contribution in [0.1, 0.15) is 17.4 Å². The summed E-state index contributed by atoms with van der Waals surface area (Å²) < 4.78 is 1.50. The smallest absolute Gasteiger partial charge is 0.277 e. The number of fused-ring (bicyclic) bond motifs is 1. The summed E-state index contributed by atoms with van der Waals surface area (Å²) in [5, 5.41) is 11.0. The quantitative estimate of drug-likeness (QED) is 0.533. The molecule has 8 heteroatoms. The number of aromatic nitrogens is 4. The Morgan fingerprint density at radius 2 is 1.89 bits per heavy atom. The van der Waals surface area contributed by atoms with Crippen LogP contribution in [0.5, 0.6) is 0 Å². The first-order valence-corrected chi connectivity index (χ1v) is 9.15. The maximum atomic E-state index is 12.8. The minimum atomic E-state index is -0.350. The van der Waals surface area contributed by atoms with Gasteiger partial charge in [0.05, 0.1) is 16.9 Å². The maximum Gasteiger partial charge on any atom is 0.277 e. The Bertz CT molecular complexity index is 1160. The average Bonchev–Trinajstić information content (AvgIpc) is 3.12. The molecule has 0 aliphatic heterocycles. The van der Waals surface area contributed by atoms with Crippen molar-refractivity contribution >= 4 is 34.8 Å². The van der Waals surface area contributed by atoms with Crippen molar-refractivity contribution in [3.8, 4) is 11.3 Å². The maximum absolute atomic E-state index is 12.8. The Kier molecular flexibility index (Phi) is 4.90. The number of imidazole rings is 1. The zero-order valence-corrected chi connectivity index (χ0v) is 15.8. The van der Waals surface area contributed by atoms with E-state index in [1.165, 1.54) is 10.7 Å². The van der Waals surface area contributed by atoms with Crippen molar-refractivity contribution in [3.63, 3.8) is 0 Å². The van der Waals surface area contributed by atoms with Crippen molar-refractivity contribution in [1.29, 1.82) is 0 Å². The number of anilines is 2. The van der Waals surface area contributed by atoms with Gasteiger partial charge in [0.15, 0.2) is 11.3 Å². The second-order valence-corrected chi connectivity index (χ2v) is 6.41. The Balaban J connectivity index is 1.67. The number of carbonyl (C=O) groups excluding carboxylic acids is 1. The van der Waals surface area contributed by atoms with E-state index in [1.807, 2.05) is 43.3 Å². The Labute approximate surface area is 166 Å². The molecule has 7 nitrogen and oxygen atoms in total. The van der Waals surface area contributed by atoms with Gasteiger partial charge in [0.1, 0.15) is 11.6 Å². The fourth-order valence-corrected chi connectivity index (χ4v) is 3.04. The van der Waals surface area contributed by atoms with Gasteiger partial charge in [0.25, 0.3) is 5.91 Å². The predicted octanol–water partition coefficient (Wildman–Crippen LogP) is 4.13. The molecule has 0 atom stereocenters. The second-order valence-electron chi connectivity index (χ2n) is 6.00. The fraction of sp³-hybridized carbons (Fsp3) is 0.100. The van der Waals surface area contributed by atoms with Gasteiger partial charge in [0.2, 0.25) is 0 Å². The first-order valence-electron chi connectivity index (χ1n) is 8.77. The van der Waals surface area contributed by atoms with E-state index in [-0.39, 0.29) is 5.91 Å². The lowest BCUT2D eigenvalue weighted by Crippen LogP contribution is -2.16. The molecular weight excluding hydrogens is 376 g/mol. The average molecular weight is 393 g/mol. The van der Waals surface area contributed by atoms with Crippen molar-refractivity contribution in [2.75, 3.05) is 17.2 Å². The lowest BCUT2D eigenvalue weighted by Gasteiger charge is -2.08. The van der Waals surface area contributed by atoms with Crippen molar-refractivity contribution in [1.82, 2.24) is 19.6 Å². The van der Waals surface area contributed by atoms with E-state index in [4.69, 9.17) is 11.6 Å². The van der Waals surface area contributed by atoms with Crippen LogP contribution in [0.4, 0.5) is 11.6 Å². The SMILES string of the molecule is CCNc1cccc(NC(=O)c2cnc3ccc(-c4ccccc4Cl)nn23)n1. The van der Waals surface area contributed by atoms with E-state index in [2.05, 4.69) is 25.7 Å². The van der Waals surface area contributed by atoms with E-state index in [0.29, 0.717) is 33.7 Å². The van der Waals surface area contributed by atoms with Crippen LogP contribution in [0.2, 0.25) is 5.02 Å². The van der Waals surface area contributed by atoms with Gasteiger partial charge >= 0.3 is 0 Å². The number of amides is 1. The number of pyridine rings is 1. The van der Waals surface area contributed by atoms with Crippen LogP contribution in [0, 0.1) is 0 Å². The van der Waals surface area contributed by atoms with E-state index in [1.54, 1.807) is 18.2 Å². The van der Waals surface area contributed by atoms with Crippen LogP contribution in [-0.2, 0) is 0 Å². The van der Waals surface area contributed by atoms with Gasteiger partial charge in [-0.2, -0.15) is 5.10 Å². The summed E-state index contributed by atoms with van der Waals surface area (Å²) in [5.74, 6) is 0.788. The number of carbonyl (C=O) groups is 1. The van der Waals surface area contributed by atoms with Gasteiger partial charge < -0.3 is 10.6 Å². The van der Waals surface area contributed by atoms with Crippen molar-refractivity contribution < 1.29 is 4.79 Å². The highest BCUT2D eigenvalue weighted by Crippen LogP contribution is 2.26. The molecule has 0 aliphatic rings. The van der Waals surface area contributed by atoms with Crippen LogP contribution >= 0.6 is 11.6 Å². The Hall–Kier alpha value is -3.45. The third kappa shape index (κ3) is 3.52. The number of rotatable bonds is 5. The van der Waals surface area contributed by atoms with Crippen molar-refractivity contribution in [2.45, 2.75) is 6.92 Å². The first-order chi connectivity index (χ1) is 13.7. The topological polar surface area (TPSA) is 84.2 Å². The molecule has 0 bridgehead atoms. The van der Waals surface area contributed by atoms with Gasteiger partial charge in [-0.25, -0.2) is 14.5 Å². The normalized spacial score (nSPS) is 10.8. The Morgan fingerprint density at radius 1 is 1.07 bits per heavy atom. The summed E-state index contributed by atoms with van der Waals surface area (Å²) in [6.45, 7) is 2.72. The molecule has 140 valence electrons. The molecule has 3 aromatic heterocycles. The Morgan fingerprint density at radius 3 is 2.71 bits per heavy atom. The fourth-order valence-electron chi connectivity index (χ4n) is 2.80. The van der Waals surface area contributed by atoms with E-state index < -0.39 is 0 Å². The summed E-state index contributed by atoms with van der Waals surface area (Å²) in [6, 6.07) is 16.4. The molecule has 0 saturated carbocycles. The lowest BCUT2D eigenvalue weighted by atomic mass is 10.1. The van der Waals surface area contributed by atoms with Crippen molar-refractivity contribution in [2.24, 2.45) is 0 Å². The van der Waals surface area contributed by atoms with Crippen LogP contribution in [-0.4, -0.2) is 32.0 Å².